The van der Waals surface area contributed by atoms with Crippen molar-refractivity contribution in [2.24, 2.45) is 0 Å². The van der Waals surface area contributed by atoms with Gasteiger partial charge in [0.1, 0.15) is 4.32 Å². The number of rotatable bonds is 7. The number of hydrogen-bond donors (Lipinski definition) is 1. The van der Waals surface area contributed by atoms with Gasteiger partial charge in [0.15, 0.2) is 0 Å². The first-order chi connectivity index (χ1) is 15.0. The van der Waals surface area contributed by atoms with E-state index in [0.29, 0.717) is 16.1 Å². The van der Waals surface area contributed by atoms with E-state index in [-0.39, 0.29) is 39.2 Å². The van der Waals surface area contributed by atoms with E-state index in [2.05, 4.69) is 4.98 Å². The number of thioether (sulfide) groups is 1. The molecule has 0 radical (unpaired) electrons. The highest BCUT2D eigenvalue weighted by Gasteiger charge is 2.34. The molecular weight excluding hydrogens is 505 g/mol. The lowest BCUT2D eigenvalue weighted by molar-refractivity contribution is -0.138. The first-order valence-corrected chi connectivity index (χ1v) is 11.4. The van der Waals surface area contributed by atoms with Gasteiger partial charge < -0.3 is 5.11 Å². The largest absolute Gasteiger partial charge is 0.481 e. The molecule has 32 heavy (non-hydrogen) atoms. The molecule has 1 fully saturated rings. The Morgan fingerprint density at radius 2 is 2.00 bits per heavy atom. The summed E-state index contributed by atoms with van der Waals surface area (Å²) in [6.07, 6.45) is -2.35. The van der Waals surface area contributed by atoms with Crippen LogP contribution in [-0.4, -0.2) is 37.7 Å². The Bertz CT molecular complexity index is 1090. The molecule has 0 spiro atoms. The van der Waals surface area contributed by atoms with Crippen LogP contribution in [0.3, 0.4) is 0 Å². The summed E-state index contributed by atoms with van der Waals surface area (Å²) in [6, 6.07) is 7.54. The number of thiocarbonyl (C=S) groups is 1. The van der Waals surface area contributed by atoms with Crippen molar-refractivity contribution in [2.75, 3.05) is 6.54 Å². The van der Waals surface area contributed by atoms with Crippen LogP contribution in [0.4, 0.5) is 13.2 Å². The fourth-order valence-electron chi connectivity index (χ4n) is 2.64. The molecule has 5 nitrogen and oxygen atoms in total. The van der Waals surface area contributed by atoms with Gasteiger partial charge in [0.2, 0.25) is 0 Å². The molecule has 0 unspecified atom stereocenters. The Kier molecular flexibility index (Phi) is 7.86. The van der Waals surface area contributed by atoms with Crippen LogP contribution in [0.25, 0.3) is 6.08 Å². The van der Waals surface area contributed by atoms with Gasteiger partial charge in [-0.05, 0) is 42.8 Å². The lowest BCUT2D eigenvalue weighted by atomic mass is 10.2. The minimum absolute atomic E-state index is 0.113. The highest BCUT2D eigenvalue weighted by Crippen LogP contribution is 2.38. The number of amides is 1. The maximum absolute atomic E-state index is 13.2. The number of nitrogens with zero attached hydrogens (tertiary/aromatic N) is 2. The molecule has 1 aromatic carbocycles. The van der Waals surface area contributed by atoms with E-state index in [4.69, 9.17) is 28.9 Å². The summed E-state index contributed by atoms with van der Waals surface area (Å²) < 4.78 is 39.9. The molecule has 1 aliphatic heterocycles. The molecule has 2 heterocycles. The van der Waals surface area contributed by atoms with E-state index in [1.165, 1.54) is 11.0 Å². The second kappa shape index (κ2) is 10.2. The van der Waals surface area contributed by atoms with Crippen LogP contribution in [0, 0.1) is 0 Å². The number of carboxylic acids is 1. The Labute approximate surface area is 200 Å². The summed E-state index contributed by atoms with van der Waals surface area (Å²) in [5.41, 5.74) is -0.726. The summed E-state index contributed by atoms with van der Waals surface area (Å²) >= 11 is 13.1. The number of halogens is 4. The van der Waals surface area contributed by atoms with Crippen LogP contribution in [0.2, 0.25) is 5.02 Å². The predicted molar refractivity (Wildman–Crippen MR) is 122 cm³/mol. The Morgan fingerprint density at radius 1 is 1.31 bits per heavy atom. The van der Waals surface area contributed by atoms with Gasteiger partial charge in [0.05, 0.1) is 16.2 Å². The first-order valence-electron chi connectivity index (χ1n) is 9.02. The van der Waals surface area contributed by atoms with Crippen molar-refractivity contribution >= 4 is 69.6 Å². The van der Waals surface area contributed by atoms with E-state index in [1.54, 1.807) is 24.3 Å². The van der Waals surface area contributed by atoms with Gasteiger partial charge in [0.25, 0.3) is 5.91 Å². The fraction of sp³-hybridized carbons (Fsp3) is 0.200. The molecule has 1 amide bonds. The van der Waals surface area contributed by atoms with Crippen LogP contribution >= 0.6 is 47.3 Å². The van der Waals surface area contributed by atoms with Gasteiger partial charge in [-0.3, -0.25) is 19.5 Å². The van der Waals surface area contributed by atoms with Crippen LogP contribution in [0.15, 0.2) is 51.2 Å². The highest BCUT2D eigenvalue weighted by atomic mass is 35.5. The van der Waals surface area contributed by atoms with Gasteiger partial charge in [-0.15, -0.1) is 0 Å². The zero-order valence-electron chi connectivity index (χ0n) is 16.1. The quantitative estimate of drug-likeness (QED) is 0.357. The monoisotopic (exact) mass is 518 g/mol. The van der Waals surface area contributed by atoms with Crippen molar-refractivity contribution in [2.45, 2.75) is 28.8 Å². The Morgan fingerprint density at radius 3 is 2.62 bits per heavy atom. The van der Waals surface area contributed by atoms with Crippen molar-refractivity contribution < 1.29 is 27.9 Å². The molecule has 0 bridgehead atoms. The maximum Gasteiger partial charge on any atom is 0.417 e. The fourth-order valence-corrected chi connectivity index (χ4v) is 4.97. The Hall–Kier alpha value is -2.08. The summed E-state index contributed by atoms with van der Waals surface area (Å²) in [6.45, 7) is 0.140. The van der Waals surface area contributed by atoms with E-state index in [9.17, 15) is 22.8 Å². The number of carbonyl (C=O) groups excluding carboxylic acids is 1. The van der Waals surface area contributed by atoms with Gasteiger partial charge in [-0.2, -0.15) is 13.2 Å². The molecule has 1 aromatic heterocycles. The number of pyridine rings is 1. The molecule has 168 valence electrons. The average Bonchev–Trinajstić information content (AvgIpc) is 2.97. The third kappa shape index (κ3) is 6.25. The number of aliphatic carboxylic acids is 1. The minimum Gasteiger partial charge on any atom is -0.481 e. The topological polar surface area (TPSA) is 70.5 Å². The number of aromatic nitrogens is 1. The number of carboxylic acid groups (broad SMARTS) is 1. The van der Waals surface area contributed by atoms with Crippen LogP contribution in [0.1, 0.15) is 24.1 Å². The van der Waals surface area contributed by atoms with Crippen molar-refractivity contribution in [3.63, 3.8) is 0 Å². The lowest BCUT2D eigenvalue weighted by Crippen LogP contribution is -2.29. The van der Waals surface area contributed by atoms with Crippen molar-refractivity contribution in [3.05, 3.63) is 57.7 Å². The molecule has 12 heteroatoms. The molecule has 1 saturated heterocycles. The van der Waals surface area contributed by atoms with Crippen molar-refractivity contribution in [1.29, 1.82) is 0 Å². The van der Waals surface area contributed by atoms with E-state index < -0.39 is 23.6 Å². The zero-order valence-corrected chi connectivity index (χ0v) is 19.3. The first kappa shape index (κ1) is 24.6. The number of alkyl halides is 3. The van der Waals surface area contributed by atoms with Gasteiger partial charge >= 0.3 is 12.1 Å². The number of hydrogen-bond acceptors (Lipinski definition) is 6. The predicted octanol–water partition coefficient (Wildman–Crippen LogP) is 5.97. The molecule has 0 aliphatic carbocycles. The highest BCUT2D eigenvalue weighted by molar-refractivity contribution is 8.26. The van der Waals surface area contributed by atoms with Crippen LogP contribution < -0.4 is 0 Å². The molecule has 3 rings (SSSR count). The summed E-state index contributed by atoms with van der Waals surface area (Å²) in [4.78, 5) is 29.7. The van der Waals surface area contributed by atoms with E-state index in [0.717, 1.165) is 29.6 Å². The van der Waals surface area contributed by atoms with Gasteiger partial charge in [0, 0.05) is 34.0 Å². The number of carbonyl (C=O) groups is 2. The number of benzene rings is 1. The molecule has 0 saturated carbocycles. The third-order valence-corrected chi connectivity index (χ3v) is 6.85. The second-order valence-corrected chi connectivity index (χ2v) is 9.72. The normalized spacial score (nSPS) is 15.6. The third-order valence-electron chi connectivity index (χ3n) is 4.16. The van der Waals surface area contributed by atoms with E-state index in [1.807, 2.05) is 0 Å². The molecule has 1 aliphatic rings. The zero-order chi connectivity index (χ0) is 23.5. The molecular formula is C20H14ClF3N2O3S3. The standard InChI is InChI=1S/C20H14ClF3N2O3S3/c21-12-3-5-13(6-4-12)31-15-8-11(20(22,23)24)10-25-14(15)9-16-18(29)26(19(30)32-16)7-1-2-17(27)28/h3-6,8-10H,1-2,7H2,(H,27,28). The molecule has 1 N–H and O–H groups in total. The average molecular weight is 519 g/mol. The minimum atomic E-state index is -4.57. The van der Waals surface area contributed by atoms with Gasteiger partial charge in [-0.1, -0.05) is 47.3 Å². The SMILES string of the molecule is O=C(O)CCCN1C(=O)C(=Cc2ncc(C(F)(F)F)cc2Sc2ccc(Cl)cc2)SC1=S. The lowest BCUT2D eigenvalue weighted by Gasteiger charge is -2.13. The summed E-state index contributed by atoms with van der Waals surface area (Å²) in [5.74, 6) is -1.42. The Balaban J connectivity index is 1.91. The smallest absolute Gasteiger partial charge is 0.417 e. The molecule has 2 aromatic rings. The summed E-state index contributed by atoms with van der Waals surface area (Å²) in [5, 5.41) is 9.25. The second-order valence-electron chi connectivity index (χ2n) is 6.49. The summed E-state index contributed by atoms with van der Waals surface area (Å²) in [7, 11) is 0. The van der Waals surface area contributed by atoms with E-state index >= 15 is 0 Å². The maximum atomic E-state index is 13.2. The van der Waals surface area contributed by atoms with Crippen molar-refractivity contribution in [1.82, 2.24) is 9.88 Å². The molecule has 0 atom stereocenters. The van der Waals surface area contributed by atoms with Gasteiger partial charge in [-0.25, -0.2) is 0 Å². The van der Waals surface area contributed by atoms with Crippen LogP contribution in [0.5, 0.6) is 0 Å². The van der Waals surface area contributed by atoms with Crippen molar-refractivity contribution in [3.8, 4) is 0 Å². The van der Waals surface area contributed by atoms with Crippen LogP contribution in [-0.2, 0) is 15.8 Å².